The van der Waals surface area contributed by atoms with Crippen LogP contribution in [0.2, 0.25) is 0 Å². The molecule has 0 aromatic carbocycles. The van der Waals surface area contributed by atoms with E-state index < -0.39 is 10.0 Å². The van der Waals surface area contributed by atoms with Crippen LogP contribution in [0.25, 0.3) is 0 Å². The minimum absolute atomic E-state index is 0.139. The molecule has 2 N–H and O–H groups in total. The van der Waals surface area contributed by atoms with Gasteiger partial charge in [0.05, 0.1) is 6.20 Å². The zero-order chi connectivity index (χ0) is 11.3. The lowest BCUT2D eigenvalue weighted by Gasteiger charge is -2.02. The molecule has 86 valence electrons. The normalized spacial score (nSPS) is 11.9. The summed E-state index contributed by atoms with van der Waals surface area (Å²) in [6.07, 6.45) is 3.97. The third kappa shape index (κ3) is 3.51. The highest BCUT2D eigenvalue weighted by atomic mass is 32.2. The number of imidazole rings is 1. The SMILES string of the molecule is CCc1ncc(S(=O)(=O)NCCSC)[nH]1. The largest absolute Gasteiger partial charge is 0.332 e. The van der Waals surface area contributed by atoms with Crippen LogP contribution in [-0.4, -0.2) is 36.9 Å². The highest BCUT2D eigenvalue weighted by molar-refractivity contribution is 7.98. The van der Waals surface area contributed by atoms with Crippen molar-refractivity contribution in [1.82, 2.24) is 14.7 Å². The summed E-state index contributed by atoms with van der Waals surface area (Å²) in [5, 5.41) is 0.139. The predicted octanol–water partition coefficient (Wildman–Crippen LogP) is 0.613. The first-order valence-electron chi connectivity index (χ1n) is 4.62. The quantitative estimate of drug-likeness (QED) is 0.725. The van der Waals surface area contributed by atoms with Crippen molar-refractivity contribution in [3.8, 4) is 0 Å². The second-order valence-corrected chi connectivity index (χ2v) is 5.66. The molecule has 1 aromatic rings. The molecule has 0 amide bonds. The van der Waals surface area contributed by atoms with Crippen molar-refractivity contribution in [3.63, 3.8) is 0 Å². The summed E-state index contributed by atoms with van der Waals surface area (Å²) in [6, 6.07) is 0. The van der Waals surface area contributed by atoms with E-state index in [1.807, 2.05) is 13.2 Å². The Morgan fingerprint density at radius 1 is 1.60 bits per heavy atom. The third-order valence-electron chi connectivity index (χ3n) is 1.83. The lowest BCUT2D eigenvalue weighted by atomic mass is 10.5. The molecule has 15 heavy (non-hydrogen) atoms. The summed E-state index contributed by atoms with van der Waals surface area (Å²) in [5.74, 6) is 1.44. The number of nitrogens with one attached hydrogen (secondary N) is 2. The highest BCUT2D eigenvalue weighted by Gasteiger charge is 2.15. The van der Waals surface area contributed by atoms with Crippen molar-refractivity contribution in [2.75, 3.05) is 18.6 Å². The predicted molar refractivity (Wildman–Crippen MR) is 61.5 cm³/mol. The maximum atomic E-state index is 11.6. The summed E-state index contributed by atoms with van der Waals surface area (Å²) < 4.78 is 25.8. The Morgan fingerprint density at radius 3 is 2.87 bits per heavy atom. The summed E-state index contributed by atoms with van der Waals surface area (Å²) in [5.41, 5.74) is 0. The Balaban J connectivity index is 2.68. The lowest BCUT2D eigenvalue weighted by Crippen LogP contribution is -2.26. The molecule has 0 saturated heterocycles. The number of H-pyrrole nitrogens is 1. The number of hydrogen-bond acceptors (Lipinski definition) is 4. The zero-order valence-corrected chi connectivity index (χ0v) is 10.4. The fourth-order valence-electron chi connectivity index (χ4n) is 1.02. The minimum Gasteiger partial charge on any atom is -0.332 e. The molecule has 0 unspecified atom stereocenters. The number of nitrogens with zero attached hydrogens (tertiary/aromatic N) is 1. The van der Waals surface area contributed by atoms with Crippen LogP contribution in [0.3, 0.4) is 0 Å². The molecule has 7 heteroatoms. The van der Waals surface area contributed by atoms with E-state index >= 15 is 0 Å². The summed E-state index contributed by atoms with van der Waals surface area (Å²) in [6.45, 7) is 2.35. The molecule has 0 radical (unpaired) electrons. The van der Waals surface area contributed by atoms with Crippen LogP contribution < -0.4 is 4.72 Å². The fourth-order valence-corrected chi connectivity index (χ4v) is 2.42. The molecule has 1 aromatic heterocycles. The van der Waals surface area contributed by atoms with Gasteiger partial charge in [-0.15, -0.1) is 0 Å². The van der Waals surface area contributed by atoms with E-state index in [2.05, 4.69) is 14.7 Å². The summed E-state index contributed by atoms with van der Waals surface area (Å²) >= 11 is 1.59. The number of aromatic nitrogens is 2. The molecule has 5 nitrogen and oxygen atoms in total. The van der Waals surface area contributed by atoms with Gasteiger partial charge in [0.15, 0.2) is 5.03 Å². The van der Waals surface area contributed by atoms with Gasteiger partial charge < -0.3 is 4.98 Å². The minimum atomic E-state index is -3.40. The first-order chi connectivity index (χ1) is 7.10. The van der Waals surface area contributed by atoms with E-state index in [0.29, 0.717) is 18.8 Å². The topological polar surface area (TPSA) is 74.8 Å². The van der Waals surface area contributed by atoms with E-state index in [1.54, 1.807) is 11.8 Å². The van der Waals surface area contributed by atoms with E-state index in [1.165, 1.54) is 6.20 Å². The van der Waals surface area contributed by atoms with Crippen LogP contribution in [0.4, 0.5) is 0 Å². The fraction of sp³-hybridized carbons (Fsp3) is 0.625. The average molecular weight is 249 g/mol. The molecule has 0 fully saturated rings. The summed E-state index contributed by atoms with van der Waals surface area (Å²) in [7, 11) is -3.40. The van der Waals surface area contributed by atoms with Gasteiger partial charge in [-0.2, -0.15) is 11.8 Å². The Morgan fingerprint density at radius 2 is 2.33 bits per heavy atom. The van der Waals surface area contributed by atoms with Crippen LogP contribution in [-0.2, 0) is 16.4 Å². The van der Waals surface area contributed by atoms with Crippen molar-refractivity contribution in [2.45, 2.75) is 18.4 Å². The van der Waals surface area contributed by atoms with Gasteiger partial charge in [-0.25, -0.2) is 18.1 Å². The van der Waals surface area contributed by atoms with Crippen LogP contribution in [0, 0.1) is 0 Å². The molecule has 0 atom stereocenters. The number of aryl methyl sites for hydroxylation is 1. The number of sulfonamides is 1. The van der Waals surface area contributed by atoms with E-state index in [4.69, 9.17) is 0 Å². The molecule has 1 rings (SSSR count). The van der Waals surface area contributed by atoms with Crippen molar-refractivity contribution in [1.29, 1.82) is 0 Å². The zero-order valence-electron chi connectivity index (χ0n) is 8.78. The van der Waals surface area contributed by atoms with Gasteiger partial charge in [-0.1, -0.05) is 6.92 Å². The van der Waals surface area contributed by atoms with Crippen LogP contribution in [0.15, 0.2) is 11.2 Å². The van der Waals surface area contributed by atoms with Gasteiger partial charge in [-0.3, -0.25) is 0 Å². The molecular formula is C8H15N3O2S2. The van der Waals surface area contributed by atoms with Gasteiger partial charge in [0.2, 0.25) is 0 Å². The molecule has 0 aliphatic carbocycles. The van der Waals surface area contributed by atoms with Crippen molar-refractivity contribution in [3.05, 3.63) is 12.0 Å². The monoisotopic (exact) mass is 249 g/mol. The Bertz CT molecular complexity index is 400. The van der Waals surface area contributed by atoms with Crippen molar-refractivity contribution >= 4 is 21.8 Å². The van der Waals surface area contributed by atoms with Crippen LogP contribution >= 0.6 is 11.8 Å². The number of thioether (sulfide) groups is 1. The summed E-state index contributed by atoms with van der Waals surface area (Å²) in [4.78, 5) is 6.71. The first kappa shape index (κ1) is 12.5. The van der Waals surface area contributed by atoms with Gasteiger partial charge in [0.25, 0.3) is 10.0 Å². The first-order valence-corrected chi connectivity index (χ1v) is 7.50. The number of hydrogen-bond donors (Lipinski definition) is 2. The van der Waals surface area contributed by atoms with Gasteiger partial charge >= 0.3 is 0 Å². The van der Waals surface area contributed by atoms with Gasteiger partial charge in [0, 0.05) is 18.7 Å². The van der Waals surface area contributed by atoms with Crippen LogP contribution in [0.5, 0.6) is 0 Å². The van der Waals surface area contributed by atoms with E-state index in [9.17, 15) is 8.42 Å². The Labute approximate surface area is 94.1 Å². The molecule has 0 aliphatic rings. The van der Waals surface area contributed by atoms with Crippen molar-refractivity contribution in [2.24, 2.45) is 0 Å². The second-order valence-electron chi connectivity index (χ2n) is 2.94. The Kier molecular flexibility index (Phi) is 4.62. The van der Waals surface area contributed by atoms with E-state index in [-0.39, 0.29) is 5.03 Å². The molecule has 0 spiro atoms. The molecular weight excluding hydrogens is 234 g/mol. The lowest BCUT2D eigenvalue weighted by molar-refractivity contribution is 0.580. The smallest absolute Gasteiger partial charge is 0.257 e. The van der Waals surface area contributed by atoms with E-state index in [0.717, 1.165) is 5.75 Å². The van der Waals surface area contributed by atoms with Crippen LogP contribution in [0.1, 0.15) is 12.7 Å². The third-order valence-corrected chi connectivity index (χ3v) is 3.81. The molecule has 0 aliphatic heterocycles. The standard InChI is InChI=1S/C8H15N3O2S2/c1-3-7-9-6-8(11-7)15(12,13)10-4-5-14-2/h6,10H,3-5H2,1-2H3,(H,9,11). The molecule has 0 bridgehead atoms. The Hall–Kier alpha value is -0.530. The maximum absolute atomic E-state index is 11.6. The maximum Gasteiger partial charge on any atom is 0.257 e. The number of rotatable bonds is 6. The van der Waals surface area contributed by atoms with Gasteiger partial charge in [0.1, 0.15) is 5.82 Å². The molecule has 0 saturated carbocycles. The molecule has 1 heterocycles. The van der Waals surface area contributed by atoms with Crippen molar-refractivity contribution < 1.29 is 8.42 Å². The highest BCUT2D eigenvalue weighted by Crippen LogP contribution is 2.05. The number of aromatic amines is 1. The second kappa shape index (κ2) is 5.53. The van der Waals surface area contributed by atoms with Gasteiger partial charge in [-0.05, 0) is 6.26 Å². The average Bonchev–Trinajstić information content (AvgIpc) is 2.66.